The SMILES string of the molecule is Cc1ccc([SH+]c2ccc(C)cc2)cc1.F[P-](F)(F)(F)(F)F. The Bertz CT molecular complexity index is 562. The molecule has 0 nitrogen and oxygen atoms in total. The van der Waals surface area contributed by atoms with E-state index in [1.807, 2.05) is 0 Å². The van der Waals surface area contributed by atoms with Crippen LogP contribution in [0.15, 0.2) is 58.3 Å². The molecule has 0 fully saturated rings. The van der Waals surface area contributed by atoms with E-state index in [9.17, 15) is 25.2 Å². The zero-order valence-electron chi connectivity index (χ0n) is 11.8. The summed E-state index contributed by atoms with van der Waals surface area (Å²) in [5, 5.41) is 0. The fourth-order valence-electron chi connectivity index (χ4n) is 1.39. The van der Waals surface area contributed by atoms with Gasteiger partial charge in [0.2, 0.25) is 0 Å². The maximum absolute atomic E-state index is 10.7. The van der Waals surface area contributed by atoms with Gasteiger partial charge in [-0.2, -0.15) is 0 Å². The first-order valence-electron chi connectivity index (χ1n) is 6.10. The molecule has 0 aliphatic heterocycles. The van der Waals surface area contributed by atoms with Crippen LogP contribution in [0, 0.1) is 13.8 Å². The first-order valence-corrected chi connectivity index (χ1v) is 9.03. The molecule has 0 atom stereocenters. The second-order valence-corrected chi connectivity index (χ2v) is 7.91. The van der Waals surface area contributed by atoms with Gasteiger partial charge in [0.15, 0.2) is 9.79 Å². The first kappa shape index (κ1) is 18.8. The summed E-state index contributed by atoms with van der Waals surface area (Å²) in [6.45, 7) is 4.24. The number of halogens is 6. The van der Waals surface area contributed by atoms with Gasteiger partial charge >= 0.3 is 33.0 Å². The van der Waals surface area contributed by atoms with Crippen molar-refractivity contribution in [1.29, 1.82) is 0 Å². The van der Waals surface area contributed by atoms with Gasteiger partial charge in [0.05, 0.1) is 0 Å². The molecule has 0 saturated heterocycles. The Balaban J connectivity index is 0.000000295. The fraction of sp³-hybridized carbons (Fsp3) is 0.143. The zero-order chi connectivity index (χ0) is 17.1. The van der Waals surface area contributed by atoms with E-state index < -0.39 is 7.81 Å². The number of rotatable bonds is 2. The predicted molar refractivity (Wildman–Crippen MR) is 81.2 cm³/mol. The fourth-order valence-corrected chi connectivity index (χ4v) is 2.28. The van der Waals surface area contributed by atoms with Crippen molar-refractivity contribution >= 4 is 19.6 Å². The van der Waals surface area contributed by atoms with Gasteiger partial charge in [-0.05, 0) is 38.1 Å². The number of hydrogen-bond acceptors (Lipinski definition) is 0. The molecular formula is C14H15F6PS. The Hall–Kier alpha value is -1.20. The zero-order valence-corrected chi connectivity index (χ0v) is 13.6. The van der Waals surface area contributed by atoms with Crippen LogP contribution in [0.2, 0.25) is 0 Å². The van der Waals surface area contributed by atoms with Gasteiger partial charge in [0.25, 0.3) is 0 Å². The van der Waals surface area contributed by atoms with Crippen LogP contribution in [0.1, 0.15) is 11.1 Å². The quantitative estimate of drug-likeness (QED) is 0.236. The Morgan fingerprint density at radius 1 is 0.591 bits per heavy atom. The van der Waals surface area contributed by atoms with Gasteiger partial charge in [-0.15, -0.1) is 0 Å². The van der Waals surface area contributed by atoms with Crippen LogP contribution in [-0.2, 0) is 11.8 Å². The van der Waals surface area contributed by atoms with E-state index >= 15 is 0 Å². The van der Waals surface area contributed by atoms with Crippen LogP contribution in [-0.4, -0.2) is 0 Å². The van der Waals surface area contributed by atoms with Crippen LogP contribution in [0.25, 0.3) is 0 Å². The number of aryl methyl sites for hydroxylation is 2. The normalized spacial score (nSPS) is 14.4. The summed E-state index contributed by atoms with van der Waals surface area (Å²) in [7, 11) is -10.7. The van der Waals surface area contributed by atoms with Crippen molar-refractivity contribution in [3.8, 4) is 0 Å². The second kappa shape index (κ2) is 5.78. The molecule has 22 heavy (non-hydrogen) atoms. The van der Waals surface area contributed by atoms with E-state index in [-0.39, 0.29) is 0 Å². The number of thiol groups is 1. The minimum atomic E-state index is -10.7. The van der Waals surface area contributed by atoms with Gasteiger partial charge in [-0.3, -0.25) is 0 Å². The monoisotopic (exact) mass is 360 g/mol. The standard InChI is InChI=1S/C14H14S.F6P/c1-11-3-7-13(8-4-11)15-14-9-5-12(2)6-10-14;1-7(2,3,4,5)6/h3-10H,1-2H3;/q;-1/p+1. The topological polar surface area (TPSA) is 0 Å². The van der Waals surface area contributed by atoms with Crippen LogP contribution in [0.5, 0.6) is 0 Å². The number of hydrogen-bond donors (Lipinski definition) is 0. The average Bonchev–Trinajstić information content (AvgIpc) is 2.31. The molecule has 0 N–H and O–H groups in total. The third-order valence-corrected chi connectivity index (χ3v) is 3.44. The van der Waals surface area contributed by atoms with Crippen molar-refractivity contribution in [2.24, 2.45) is 0 Å². The molecule has 0 aliphatic carbocycles. The molecule has 124 valence electrons. The van der Waals surface area contributed by atoms with Crippen LogP contribution in [0.4, 0.5) is 25.2 Å². The van der Waals surface area contributed by atoms with E-state index in [0.29, 0.717) is 0 Å². The average molecular weight is 360 g/mol. The molecule has 0 heterocycles. The molecule has 2 aromatic rings. The summed E-state index contributed by atoms with van der Waals surface area (Å²) >= 11 is 1.29. The Morgan fingerprint density at radius 3 is 1.05 bits per heavy atom. The van der Waals surface area contributed by atoms with Crippen molar-refractivity contribution < 1.29 is 25.2 Å². The Labute approximate surface area is 128 Å². The molecule has 0 aromatic heterocycles. The van der Waals surface area contributed by atoms with Crippen molar-refractivity contribution in [3.05, 3.63) is 59.7 Å². The van der Waals surface area contributed by atoms with E-state index in [0.717, 1.165) is 0 Å². The van der Waals surface area contributed by atoms with E-state index in [4.69, 9.17) is 0 Å². The number of benzene rings is 2. The molecule has 0 saturated carbocycles. The summed E-state index contributed by atoms with van der Waals surface area (Å²) in [5.74, 6) is 0. The molecule has 0 bridgehead atoms. The summed E-state index contributed by atoms with van der Waals surface area (Å²) in [6, 6.07) is 17.4. The van der Waals surface area contributed by atoms with Crippen LogP contribution in [0.3, 0.4) is 0 Å². The van der Waals surface area contributed by atoms with Crippen LogP contribution < -0.4 is 0 Å². The Morgan fingerprint density at radius 2 is 0.818 bits per heavy atom. The Kier molecular flexibility index (Phi) is 4.95. The predicted octanol–water partition coefficient (Wildman–Crippen LogP) is 6.92. The van der Waals surface area contributed by atoms with Crippen molar-refractivity contribution in [3.63, 3.8) is 0 Å². The summed E-state index contributed by atoms with van der Waals surface area (Å²) in [5.41, 5.74) is 2.63. The molecular weight excluding hydrogens is 345 g/mol. The second-order valence-electron chi connectivity index (χ2n) is 4.74. The molecule has 8 heteroatoms. The summed E-state index contributed by atoms with van der Waals surface area (Å²) in [4.78, 5) is 2.70. The molecule has 2 rings (SSSR count). The van der Waals surface area contributed by atoms with E-state index in [1.54, 1.807) is 0 Å². The summed E-state index contributed by atoms with van der Waals surface area (Å²) < 4.78 is 59.2. The van der Waals surface area contributed by atoms with Gasteiger partial charge in [-0.25, -0.2) is 0 Å². The van der Waals surface area contributed by atoms with E-state index in [2.05, 4.69) is 62.4 Å². The minimum absolute atomic E-state index is 1.29. The van der Waals surface area contributed by atoms with Crippen LogP contribution >= 0.6 is 7.81 Å². The third kappa shape index (κ3) is 11.5. The summed E-state index contributed by atoms with van der Waals surface area (Å²) in [6.07, 6.45) is 0. The maximum atomic E-state index is 9.87. The van der Waals surface area contributed by atoms with Crippen molar-refractivity contribution in [1.82, 2.24) is 0 Å². The third-order valence-electron chi connectivity index (χ3n) is 2.33. The molecule has 0 spiro atoms. The molecule has 0 unspecified atom stereocenters. The van der Waals surface area contributed by atoms with Gasteiger partial charge in [-0.1, -0.05) is 35.4 Å². The van der Waals surface area contributed by atoms with Gasteiger partial charge in [0, 0.05) is 11.8 Å². The molecule has 0 amide bonds. The molecule has 0 aliphatic rings. The van der Waals surface area contributed by atoms with Gasteiger partial charge < -0.3 is 0 Å². The van der Waals surface area contributed by atoms with Crippen molar-refractivity contribution in [2.45, 2.75) is 23.6 Å². The molecule has 0 radical (unpaired) electrons. The van der Waals surface area contributed by atoms with Crippen molar-refractivity contribution in [2.75, 3.05) is 0 Å². The first-order chi connectivity index (χ1) is 9.69. The van der Waals surface area contributed by atoms with E-state index in [1.165, 1.54) is 32.7 Å². The molecule has 2 aromatic carbocycles. The van der Waals surface area contributed by atoms with Gasteiger partial charge in [0.1, 0.15) is 0 Å².